The molecule has 0 amide bonds. The van der Waals surface area contributed by atoms with E-state index in [0.717, 1.165) is 23.4 Å². The van der Waals surface area contributed by atoms with Gasteiger partial charge in [0.25, 0.3) is 0 Å². The molecule has 0 fully saturated rings. The highest BCUT2D eigenvalue weighted by Gasteiger charge is 2.26. The summed E-state index contributed by atoms with van der Waals surface area (Å²) in [5, 5.41) is 0. The first-order valence-electron chi connectivity index (χ1n) is 4.95. The molecule has 0 aromatic heterocycles. The van der Waals surface area contributed by atoms with E-state index in [9.17, 15) is 4.79 Å². The third-order valence-corrected chi connectivity index (χ3v) is 2.82. The lowest BCUT2D eigenvalue weighted by atomic mass is 9.92. The van der Waals surface area contributed by atoms with Gasteiger partial charge in [-0.05, 0) is 19.1 Å². The number of benzene rings is 1. The Labute approximate surface area is 84.5 Å². The van der Waals surface area contributed by atoms with Crippen molar-refractivity contribution in [2.45, 2.75) is 13.8 Å². The average Bonchev–Trinajstić information content (AvgIpc) is 2.14. The minimum atomic E-state index is 0.120. The summed E-state index contributed by atoms with van der Waals surface area (Å²) in [5.41, 5.74) is 3.10. The Hall–Kier alpha value is -1.31. The van der Waals surface area contributed by atoms with Crippen LogP contribution in [0.2, 0.25) is 0 Å². The van der Waals surface area contributed by atoms with Crippen LogP contribution < -0.4 is 4.90 Å². The minimum Gasteiger partial charge on any atom is -0.373 e. The molecule has 2 nitrogen and oxygen atoms in total. The van der Waals surface area contributed by atoms with Crippen molar-refractivity contribution in [3.8, 4) is 0 Å². The van der Waals surface area contributed by atoms with Gasteiger partial charge >= 0.3 is 0 Å². The minimum absolute atomic E-state index is 0.120. The van der Waals surface area contributed by atoms with Crippen LogP contribution in [0.25, 0.3) is 0 Å². The van der Waals surface area contributed by atoms with E-state index in [2.05, 4.69) is 11.0 Å². The van der Waals surface area contributed by atoms with Gasteiger partial charge in [-0.1, -0.05) is 18.6 Å². The quantitative estimate of drug-likeness (QED) is 0.624. The SMILES string of the molecule is Cc1ccc2c(c1)C(=O)C(C)CN2C. The first-order valence-corrected chi connectivity index (χ1v) is 4.95. The summed E-state index contributed by atoms with van der Waals surface area (Å²) in [6.45, 7) is 4.84. The molecule has 1 unspecified atom stereocenters. The highest BCUT2D eigenvalue weighted by atomic mass is 16.1. The maximum Gasteiger partial charge on any atom is 0.169 e. The third kappa shape index (κ3) is 1.31. The summed E-state index contributed by atoms with van der Waals surface area (Å²) in [6, 6.07) is 6.08. The fraction of sp³-hybridized carbons (Fsp3) is 0.417. The summed E-state index contributed by atoms with van der Waals surface area (Å²) in [6.07, 6.45) is 0. The maximum absolute atomic E-state index is 11.9. The molecule has 0 aliphatic carbocycles. The summed E-state index contributed by atoms with van der Waals surface area (Å²) < 4.78 is 0. The van der Waals surface area contributed by atoms with E-state index in [4.69, 9.17) is 0 Å². The highest BCUT2D eigenvalue weighted by Crippen LogP contribution is 2.28. The number of fused-ring (bicyclic) bond motifs is 1. The number of hydrogen-bond donors (Lipinski definition) is 0. The van der Waals surface area contributed by atoms with Gasteiger partial charge in [0, 0.05) is 30.8 Å². The number of ketones is 1. The molecule has 1 aliphatic rings. The summed E-state index contributed by atoms with van der Waals surface area (Å²) in [5.74, 6) is 0.399. The zero-order valence-electron chi connectivity index (χ0n) is 8.87. The molecular weight excluding hydrogens is 174 g/mol. The lowest BCUT2D eigenvalue weighted by Crippen LogP contribution is -2.35. The highest BCUT2D eigenvalue weighted by molar-refractivity contribution is 6.04. The molecule has 0 N–H and O–H groups in total. The summed E-state index contributed by atoms with van der Waals surface area (Å²) in [4.78, 5) is 14.0. The smallest absolute Gasteiger partial charge is 0.169 e. The Bertz CT molecular complexity index is 384. The lowest BCUT2D eigenvalue weighted by molar-refractivity contribution is 0.0927. The second kappa shape index (κ2) is 3.12. The fourth-order valence-corrected chi connectivity index (χ4v) is 2.04. The Kier molecular flexibility index (Phi) is 2.06. The molecular formula is C12H15NO. The molecule has 1 aromatic rings. The third-order valence-electron chi connectivity index (χ3n) is 2.82. The molecule has 2 rings (SSSR count). The van der Waals surface area contributed by atoms with Crippen LogP contribution in [0.1, 0.15) is 22.8 Å². The van der Waals surface area contributed by atoms with Crippen LogP contribution in [0, 0.1) is 12.8 Å². The van der Waals surface area contributed by atoms with E-state index in [1.54, 1.807) is 0 Å². The van der Waals surface area contributed by atoms with Crippen molar-refractivity contribution < 1.29 is 4.79 Å². The van der Waals surface area contributed by atoms with Gasteiger partial charge in [-0.2, -0.15) is 0 Å². The van der Waals surface area contributed by atoms with Crippen LogP contribution in [-0.2, 0) is 0 Å². The zero-order chi connectivity index (χ0) is 10.3. The normalized spacial score (nSPS) is 20.9. The molecule has 1 atom stereocenters. The van der Waals surface area contributed by atoms with Crippen molar-refractivity contribution in [2.75, 3.05) is 18.5 Å². The number of Topliss-reactive ketones (excluding diaryl/α,β-unsaturated/α-hetero) is 1. The molecule has 1 aliphatic heterocycles. The largest absolute Gasteiger partial charge is 0.373 e. The number of carbonyl (C=O) groups excluding carboxylic acids is 1. The van der Waals surface area contributed by atoms with E-state index < -0.39 is 0 Å². The van der Waals surface area contributed by atoms with E-state index in [1.807, 2.05) is 33.0 Å². The van der Waals surface area contributed by atoms with Gasteiger partial charge in [-0.25, -0.2) is 0 Å². The molecule has 2 heteroatoms. The zero-order valence-corrected chi connectivity index (χ0v) is 8.87. The standard InChI is InChI=1S/C12H15NO/c1-8-4-5-11-10(6-8)12(14)9(2)7-13(11)3/h4-6,9H,7H2,1-3H3. The first kappa shape index (κ1) is 9.25. The molecule has 14 heavy (non-hydrogen) atoms. The van der Waals surface area contributed by atoms with Crippen LogP contribution in [0.5, 0.6) is 0 Å². The van der Waals surface area contributed by atoms with Gasteiger partial charge in [-0.3, -0.25) is 4.79 Å². The number of rotatable bonds is 0. The van der Waals surface area contributed by atoms with E-state index in [-0.39, 0.29) is 11.7 Å². The van der Waals surface area contributed by atoms with E-state index in [1.165, 1.54) is 0 Å². The predicted octanol–water partition coefficient (Wildman–Crippen LogP) is 2.26. The predicted molar refractivity (Wildman–Crippen MR) is 57.9 cm³/mol. The number of anilines is 1. The number of aryl methyl sites for hydroxylation is 1. The van der Waals surface area contributed by atoms with Gasteiger partial charge in [0.15, 0.2) is 5.78 Å². The number of hydrogen-bond acceptors (Lipinski definition) is 2. The van der Waals surface area contributed by atoms with Crippen LogP contribution in [0.15, 0.2) is 18.2 Å². The molecule has 0 radical (unpaired) electrons. The Balaban J connectivity index is 2.56. The first-order chi connectivity index (χ1) is 6.59. The van der Waals surface area contributed by atoms with Crippen LogP contribution in [-0.4, -0.2) is 19.4 Å². The topological polar surface area (TPSA) is 20.3 Å². The lowest BCUT2D eigenvalue weighted by Gasteiger charge is -2.30. The maximum atomic E-state index is 11.9. The number of carbonyl (C=O) groups is 1. The molecule has 1 aromatic carbocycles. The Morgan fingerprint density at radius 1 is 1.43 bits per heavy atom. The summed E-state index contributed by atoms with van der Waals surface area (Å²) >= 11 is 0. The van der Waals surface area contributed by atoms with Crippen molar-refractivity contribution in [3.05, 3.63) is 29.3 Å². The molecule has 0 saturated heterocycles. The monoisotopic (exact) mass is 189 g/mol. The van der Waals surface area contributed by atoms with Gasteiger partial charge in [0.1, 0.15) is 0 Å². The van der Waals surface area contributed by atoms with Crippen molar-refractivity contribution in [1.29, 1.82) is 0 Å². The second-order valence-electron chi connectivity index (χ2n) is 4.17. The van der Waals surface area contributed by atoms with Crippen LogP contribution >= 0.6 is 0 Å². The van der Waals surface area contributed by atoms with Gasteiger partial charge < -0.3 is 4.90 Å². The van der Waals surface area contributed by atoms with E-state index in [0.29, 0.717) is 0 Å². The Morgan fingerprint density at radius 3 is 2.86 bits per heavy atom. The Morgan fingerprint density at radius 2 is 2.14 bits per heavy atom. The van der Waals surface area contributed by atoms with Crippen molar-refractivity contribution in [2.24, 2.45) is 5.92 Å². The number of nitrogens with zero attached hydrogens (tertiary/aromatic N) is 1. The molecule has 74 valence electrons. The van der Waals surface area contributed by atoms with Gasteiger partial charge in [-0.15, -0.1) is 0 Å². The molecule has 0 saturated carbocycles. The average molecular weight is 189 g/mol. The molecule has 1 heterocycles. The fourth-order valence-electron chi connectivity index (χ4n) is 2.04. The summed E-state index contributed by atoms with van der Waals surface area (Å²) in [7, 11) is 2.04. The van der Waals surface area contributed by atoms with Crippen LogP contribution in [0.4, 0.5) is 5.69 Å². The molecule has 0 spiro atoms. The van der Waals surface area contributed by atoms with Gasteiger partial charge in [0.05, 0.1) is 0 Å². The van der Waals surface area contributed by atoms with Crippen LogP contribution in [0.3, 0.4) is 0 Å². The van der Waals surface area contributed by atoms with Crippen molar-refractivity contribution in [1.82, 2.24) is 0 Å². The van der Waals surface area contributed by atoms with Gasteiger partial charge in [0.2, 0.25) is 0 Å². The van der Waals surface area contributed by atoms with Crippen molar-refractivity contribution in [3.63, 3.8) is 0 Å². The van der Waals surface area contributed by atoms with E-state index >= 15 is 0 Å². The molecule has 0 bridgehead atoms. The van der Waals surface area contributed by atoms with Crippen molar-refractivity contribution >= 4 is 11.5 Å². The second-order valence-corrected chi connectivity index (χ2v) is 4.17.